The molecule has 4 aliphatic rings. The van der Waals surface area contributed by atoms with Gasteiger partial charge in [-0.1, -0.05) is 97.1 Å². The molecule has 0 radical (unpaired) electrons. The Morgan fingerprint density at radius 3 is 0.905 bits per heavy atom. The SMILES string of the molecule is N=CC1=CC=C(C2=CC=C(c3c4ccccc4c(C4=CC=C(C5=CC=C(C=N)CC5)CC4)c4ccccc34)CC2)CC1. The Kier molecular flexibility index (Phi) is 7.13. The molecule has 2 N–H and O–H groups in total. The third kappa shape index (κ3) is 4.81. The Bertz CT molecular complexity index is 1700. The number of hydrogen-bond donors (Lipinski definition) is 2. The molecular formula is C40H36N2. The minimum atomic E-state index is 0.965. The summed E-state index contributed by atoms with van der Waals surface area (Å²) in [6.45, 7) is 0. The van der Waals surface area contributed by atoms with Crippen LogP contribution in [0.5, 0.6) is 0 Å². The van der Waals surface area contributed by atoms with E-state index in [1.165, 1.54) is 78.5 Å². The van der Waals surface area contributed by atoms with Crippen LogP contribution < -0.4 is 0 Å². The van der Waals surface area contributed by atoms with Crippen molar-refractivity contribution in [2.75, 3.05) is 0 Å². The van der Waals surface area contributed by atoms with Crippen LogP contribution in [0.4, 0.5) is 0 Å². The Morgan fingerprint density at radius 2 is 0.643 bits per heavy atom. The third-order valence-corrected chi connectivity index (χ3v) is 9.43. The normalized spacial score (nSPS) is 19.0. The third-order valence-electron chi connectivity index (χ3n) is 9.43. The van der Waals surface area contributed by atoms with Gasteiger partial charge in [0.1, 0.15) is 0 Å². The van der Waals surface area contributed by atoms with Gasteiger partial charge in [-0.25, -0.2) is 0 Å². The molecule has 3 aromatic rings. The van der Waals surface area contributed by atoms with Gasteiger partial charge in [-0.15, -0.1) is 0 Å². The maximum Gasteiger partial charge on any atom is 0.0209 e. The lowest BCUT2D eigenvalue weighted by Gasteiger charge is -2.25. The first-order valence-corrected chi connectivity index (χ1v) is 15.3. The minimum Gasteiger partial charge on any atom is -0.308 e. The number of benzene rings is 3. The average molecular weight is 545 g/mol. The second-order valence-electron chi connectivity index (χ2n) is 11.8. The van der Waals surface area contributed by atoms with Crippen molar-refractivity contribution in [2.24, 2.45) is 0 Å². The first-order valence-electron chi connectivity index (χ1n) is 15.3. The second-order valence-corrected chi connectivity index (χ2v) is 11.8. The molecule has 0 aliphatic heterocycles. The van der Waals surface area contributed by atoms with Crippen LogP contribution in [0.3, 0.4) is 0 Å². The molecule has 0 saturated carbocycles. The first-order chi connectivity index (χ1) is 20.7. The van der Waals surface area contributed by atoms with Gasteiger partial charge in [0, 0.05) is 12.4 Å². The summed E-state index contributed by atoms with van der Waals surface area (Å²) in [6, 6.07) is 18.0. The lowest BCUT2D eigenvalue weighted by molar-refractivity contribution is 0.894. The van der Waals surface area contributed by atoms with E-state index in [-0.39, 0.29) is 0 Å². The molecule has 0 spiro atoms. The molecule has 0 atom stereocenters. The Hall–Kier alpha value is -4.56. The van der Waals surface area contributed by atoms with Gasteiger partial charge in [0.05, 0.1) is 0 Å². The van der Waals surface area contributed by atoms with Gasteiger partial charge in [0.2, 0.25) is 0 Å². The molecule has 3 aromatic carbocycles. The van der Waals surface area contributed by atoms with Crippen LogP contribution in [-0.4, -0.2) is 12.4 Å². The maximum absolute atomic E-state index is 7.54. The maximum atomic E-state index is 7.54. The van der Waals surface area contributed by atoms with Crippen molar-refractivity contribution in [2.45, 2.75) is 51.4 Å². The van der Waals surface area contributed by atoms with Crippen molar-refractivity contribution in [3.8, 4) is 0 Å². The zero-order valence-electron chi connectivity index (χ0n) is 24.0. The van der Waals surface area contributed by atoms with Gasteiger partial charge >= 0.3 is 0 Å². The van der Waals surface area contributed by atoms with Crippen LogP contribution in [0.25, 0.3) is 32.7 Å². The minimum absolute atomic E-state index is 0.965. The van der Waals surface area contributed by atoms with E-state index in [0.717, 1.165) is 62.5 Å². The summed E-state index contributed by atoms with van der Waals surface area (Å²) in [5.74, 6) is 0. The molecule has 0 unspecified atom stereocenters. The summed E-state index contributed by atoms with van der Waals surface area (Å²) in [4.78, 5) is 0. The zero-order chi connectivity index (χ0) is 28.5. The molecule has 4 aliphatic carbocycles. The van der Waals surface area contributed by atoms with Crippen LogP contribution >= 0.6 is 0 Å². The number of rotatable bonds is 6. The van der Waals surface area contributed by atoms with Crippen LogP contribution in [0, 0.1) is 10.8 Å². The number of hydrogen-bond acceptors (Lipinski definition) is 2. The van der Waals surface area contributed by atoms with Crippen molar-refractivity contribution in [1.82, 2.24) is 0 Å². The average Bonchev–Trinajstić information content (AvgIpc) is 3.07. The summed E-state index contributed by atoms with van der Waals surface area (Å²) in [5.41, 5.74) is 13.6. The van der Waals surface area contributed by atoms with E-state index in [1.54, 1.807) is 0 Å². The molecule has 2 nitrogen and oxygen atoms in total. The fraction of sp³-hybridized carbons (Fsp3) is 0.200. The lowest BCUT2D eigenvalue weighted by atomic mass is 9.79. The first kappa shape index (κ1) is 26.3. The highest BCUT2D eigenvalue weighted by atomic mass is 14.3. The van der Waals surface area contributed by atoms with Crippen molar-refractivity contribution < 1.29 is 0 Å². The highest BCUT2D eigenvalue weighted by molar-refractivity contribution is 6.16. The summed E-state index contributed by atoms with van der Waals surface area (Å²) in [7, 11) is 0. The monoisotopic (exact) mass is 544 g/mol. The molecule has 0 heterocycles. The standard InChI is InChI=1S/C40H36N2/c41-25-27-9-13-29(14-10-27)31-17-21-33(22-18-31)39-35-5-1-2-6-36(35)40(38-8-4-3-7-37(38)39)34-23-19-32(20-24-34)30-15-11-28(26-42)12-16-30/h1-9,11,13,15,17,19,21,23,25-26,41-42H,10,12,14,16,18,20,22,24H2. The fourth-order valence-corrected chi connectivity index (χ4v) is 7.13. The molecular weight excluding hydrogens is 508 g/mol. The molecule has 42 heavy (non-hydrogen) atoms. The Balaban J connectivity index is 1.32. The van der Waals surface area contributed by atoms with Crippen molar-refractivity contribution in [1.29, 1.82) is 10.8 Å². The second kappa shape index (κ2) is 11.4. The highest BCUT2D eigenvalue weighted by Gasteiger charge is 2.22. The summed E-state index contributed by atoms with van der Waals surface area (Å²) >= 11 is 0. The van der Waals surface area contributed by atoms with E-state index in [4.69, 9.17) is 10.8 Å². The molecule has 206 valence electrons. The van der Waals surface area contributed by atoms with Gasteiger partial charge in [-0.2, -0.15) is 0 Å². The van der Waals surface area contributed by atoms with Crippen LogP contribution in [0.15, 0.2) is 131 Å². The fourth-order valence-electron chi connectivity index (χ4n) is 7.13. The van der Waals surface area contributed by atoms with Gasteiger partial charge in [-0.05, 0) is 129 Å². The van der Waals surface area contributed by atoms with Gasteiger partial charge in [0.15, 0.2) is 0 Å². The van der Waals surface area contributed by atoms with E-state index in [9.17, 15) is 0 Å². The summed E-state index contributed by atoms with van der Waals surface area (Å²) in [5, 5.41) is 20.5. The Morgan fingerprint density at radius 1 is 0.357 bits per heavy atom. The molecule has 0 amide bonds. The van der Waals surface area contributed by atoms with E-state index in [0.29, 0.717) is 0 Å². The molecule has 2 heteroatoms. The summed E-state index contributed by atoms with van der Waals surface area (Å²) < 4.78 is 0. The molecule has 0 aromatic heterocycles. The van der Waals surface area contributed by atoms with Gasteiger partial charge in [-0.3, -0.25) is 0 Å². The van der Waals surface area contributed by atoms with Crippen LogP contribution in [-0.2, 0) is 0 Å². The smallest absolute Gasteiger partial charge is 0.0209 e. The lowest BCUT2D eigenvalue weighted by Crippen LogP contribution is -2.03. The summed E-state index contributed by atoms with van der Waals surface area (Å²) in [6.07, 6.45) is 29.3. The zero-order valence-corrected chi connectivity index (χ0v) is 24.0. The molecule has 0 fully saturated rings. The van der Waals surface area contributed by atoms with Gasteiger partial charge in [0.25, 0.3) is 0 Å². The quantitative estimate of drug-likeness (QED) is 0.229. The van der Waals surface area contributed by atoms with E-state index >= 15 is 0 Å². The molecule has 7 rings (SSSR count). The largest absolute Gasteiger partial charge is 0.308 e. The topological polar surface area (TPSA) is 47.7 Å². The molecule has 0 bridgehead atoms. The predicted molar refractivity (Wildman–Crippen MR) is 180 cm³/mol. The van der Waals surface area contributed by atoms with Crippen molar-refractivity contribution >= 4 is 45.1 Å². The highest BCUT2D eigenvalue weighted by Crippen LogP contribution is 2.45. The van der Waals surface area contributed by atoms with E-state index < -0.39 is 0 Å². The number of allylic oxidation sites excluding steroid dienone is 16. The van der Waals surface area contributed by atoms with Gasteiger partial charge < -0.3 is 10.8 Å². The van der Waals surface area contributed by atoms with E-state index in [2.05, 4.69) is 97.1 Å². The number of nitrogens with one attached hydrogen (secondary N) is 2. The van der Waals surface area contributed by atoms with Crippen molar-refractivity contribution in [3.63, 3.8) is 0 Å². The predicted octanol–water partition coefficient (Wildman–Crippen LogP) is 10.8. The number of fused-ring (bicyclic) bond motifs is 2. The Labute approximate surface area is 248 Å². The van der Waals surface area contributed by atoms with Crippen LogP contribution in [0.2, 0.25) is 0 Å². The van der Waals surface area contributed by atoms with Crippen LogP contribution in [0.1, 0.15) is 62.5 Å². The molecule has 0 saturated heterocycles. The van der Waals surface area contributed by atoms with Crippen molar-refractivity contribution in [3.05, 3.63) is 142 Å². The van der Waals surface area contributed by atoms with E-state index in [1.807, 2.05) is 0 Å².